The van der Waals surface area contributed by atoms with Crippen LogP contribution in [0.15, 0.2) is 30.3 Å². The highest BCUT2D eigenvalue weighted by Crippen LogP contribution is 2.07. The van der Waals surface area contributed by atoms with Gasteiger partial charge >= 0.3 is 0 Å². The Kier molecular flexibility index (Phi) is 6.67. The van der Waals surface area contributed by atoms with Crippen molar-refractivity contribution in [2.75, 3.05) is 19.3 Å². The van der Waals surface area contributed by atoms with Gasteiger partial charge in [0.25, 0.3) is 0 Å². The lowest BCUT2D eigenvalue weighted by molar-refractivity contribution is -0.121. The smallest absolute Gasteiger partial charge is 0.235 e. The lowest BCUT2D eigenvalue weighted by Gasteiger charge is -2.19. The molecule has 20 heavy (non-hydrogen) atoms. The summed E-state index contributed by atoms with van der Waals surface area (Å²) < 4.78 is 24.7. The molecule has 1 aromatic rings. The van der Waals surface area contributed by atoms with Crippen LogP contribution in [-0.4, -0.2) is 38.0 Å². The van der Waals surface area contributed by atoms with Crippen LogP contribution in [0.3, 0.4) is 0 Å². The molecule has 1 amide bonds. The molecule has 0 saturated carbocycles. The molecule has 0 unspecified atom stereocenters. The van der Waals surface area contributed by atoms with Gasteiger partial charge in [-0.25, -0.2) is 8.42 Å². The van der Waals surface area contributed by atoms with Crippen LogP contribution in [0, 0.1) is 0 Å². The van der Waals surface area contributed by atoms with Gasteiger partial charge in [0, 0.05) is 13.1 Å². The number of sulfonamides is 1. The molecule has 0 aliphatic carbocycles. The van der Waals surface area contributed by atoms with Crippen LogP contribution in [0.4, 0.5) is 0 Å². The van der Waals surface area contributed by atoms with E-state index in [4.69, 9.17) is 0 Å². The third-order valence-corrected chi connectivity index (χ3v) is 4.04. The SMILES string of the molecule is CCCCNC(=O)CN(Cc1ccccc1)S(C)(=O)=O. The van der Waals surface area contributed by atoms with Gasteiger partial charge in [-0.3, -0.25) is 4.79 Å². The highest BCUT2D eigenvalue weighted by Gasteiger charge is 2.20. The number of nitrogens with one attached hydrogen (secondary N) is 1. The number of unbranched alkanes of at least 4 members (excludes halogenated alkanes) is 1. The molecule has 5 nitrogen and oxygen atoms in total. The molecule has 0 fully saturated rings. The van der Waals surface area contributed by atoms with Crippen molar-refractivity contribution < 1.29 is 13.2 Å². The molecule has 1 aromatic carbocycles. The molecule has 1 rings (SSSR count). The number of rotatable bonds is 8. The fourth-order valence-electron chi connectivity index (χ4n) is 1.70. The first-order chi connectivity index (χ1) is 9.43. The van der Waals surface area contributed by atoms with E-state index >= 15 is 0 Å². The van der Waals surface area contributed by atoms with Crippen LogP contribution in [0.2, 0.25) is 0 Å². The summed E-state index contributed by atoms with van der Waals surface area (Å²) in [4.78, 5) is 11.7. The molecule has 0 spiro atoms. The molecular formula is C14H22N2O3S. The van der Waals surface area contributed by atoms with Crippen molar-refractivity contribution in [3.8, 4) is 0 Å². The minimum absolute atomic E-state index is 0.141. The highest BCUT2D eigenvalue weighted by molar-refractivity contribution is 7.88. The topological polar surface area (TPSA) is 66.5 Å². The first-order valence-corrected chi connectivity index (χ1v) is 8.54. The lowest BCUT2D eigenvalue weighted by atomic mass is 10.2. The summed E-state index contributed by atoms with van der Waals surface area (Å²) in [5, 5.41) is 2.73. The van der Waals surface area contributed by atoms with Crippen LogP contribution >= 0.6 is 0 Å². The number of hydrogen-bond acceptors (Lipinski definition) is 3. The number of hydrogen-bond donors (Lipinski definition) is 1. The summed E-state index contributed by atoms with van der Waals surface area (Å²) in [7, 11) is -3.42. The van der Waals surface area contributed by atoms with Crippen LogP contribution in [-0.2, 0) is 21.4 Å². The molecular weight excluding hydrogens is 276 g/mol. The second-order valence-corrected chi connectivity index (χ2v) is 6.70. The molecule has 6 heteroatoms. The largest absolute Gasteiger partial charge is 0.355 e. The van der Waals surface area contributed by atoms with Crippen molar-refractivity contribution in [2.45, 2.75) is 26.3 Å². The number of amides is 1. The molecule has 0 atom stereocenters. The van der Waals surface area contributed by atoms with E-state index in [1.807, 2.05) is 37.3 Å². The van der Waals surface area contributed by atoms with E-state index in [-0.39, 0.29) is 19.0 Å². The third-order valence-electron chi connectivity index (χ3n) is 2.84. The average molecular weight is 298 g/mol. The van der Waals surface area contributed by atoms with Crippen LogP contribution in [0.25, 0.3) is 0 Å². The predicted octanol–water partition coefficient (Wildman–Crippen LogP) is 1.36. The number of carbonyl (C=O) groups excluding carboxylic acids is 1. The number of carbonyl (C=O) groups is 1. The molecule has 0 radical (unpaired) electrons. The minimum Gasteiger partial charge on any atom is -0.355 e. The van der Waals surface area contributed by atoms with E-state index in [0.29, 0.717) is 6.54 Å². The fraction of sp³-hybridized carbons (Fsp3) is 0.500. The standard InChI is InChI=1S/C14H22N2O3S/c1-3-4-10-15-14(17)12-16(20(2,18)19)11-13-8-6-5-7-9-13/h5-9H,3-4,10-12H2,1-2H3,(H,15,17). The summed E-state index contributed by atoms with van der Waals surface area (Å²) in [5.41, 5.74) is 0.860. The summed E-state index contributed by atoms with van der Waals surface area (Å²) in [6, 6.07) is 9.24. The Morgan fingerprint density at radius 3 is 2.45 bits per heavy atom. The Hall–Kier alpha value is -1.40. The van der Waals surface area contributed by atoms with E-state index < -0.39 is 10.0 Å². The number of benzene rings is 1. The van der Waals surface area contributed by atoms with Crippen molar-refractivity contribution in [3.05, 3.63) is 35.9 Å². The molecule has 0 aromatic heterocycles. The zero-order valence-corrected chi connectivity index (χ0v) is 12.8. The number of nitrogens with zero attached hydrogens (tertiary/aromatic N) is 1. The second-order valence-electron chi connectivity index (χ2n) is 4.72. The summed E-state index contributed by atoms with van der Waals surface area (Å²) in [5.74, 6) is -0.264. The maximum Gasteiger partial charge on any atom is 0.235 e. The lowest BCUT2D eigenvalue weighted by Crippen LogP contribution is -2.40. The van der Waals surface area contributed by atoms with E-state index in [1.54, 1.807) is 0 Å². The van der Waals surface area contributed by atoms with E-state index in [9.17, 15) is 13.2 Å². The van der Waals surface area contributed by atoms with Gasteiger partial charge in [0.2, 0.25) is 15.9 Å². The summed E-state index contributed by atoms with van der Waals surface area (Å²) in [6.07, 6.45) is 3.00. The van der Waals surface area contributed by atoms with Gasteiger partial charge in [0.05, 0.1) is 12.8 Å². The van der Waals surface area contributed by atoms with Crippen molar-refractivity contribution in [3.63, 3.8) is 0 Å². The fourth-order valence-corrected chi connectivity index (χ4v) is 2.43. The van der Waals surface area contributed by atoms with Crippen LogP contribution in [0.1, 0.15) is 25.3 Å². The highest BCUT2D eigenvalue weighted by atomic mass is 32.2. The van der Waals surface area contributed by atoms with Gasteiger partial charge in [-0.05, 0) is 12.0 Å². The van der Waals surface area contributed by atoms with Crippen molar-refractivity contribution in [1.29, 1.82) is 0 Å². The van der Waals surface area contributed by atoms with Gasteiger partial charge in [0.1, 0.15) is 0 Å². The zero-order chi connectivity index (χ0) is 15.0. The van der Waals surface area contributed by atoms with Crippen LogP contribution in [0.5, 0.6) is 0 Å². The van der Waals surface area contributed by atoms with Crippen molar-refractivity contribution >= 4 is 15.9 Å². The van der Waals surface area contributed by atoms with E-state index in [1.165, 1.54) is 4.31 Å². The first-order valence-electron chi connectivity index (χ1n) is 6.69. The maximum absolute atomic E-state index is 11.7. The van der Waals surface area contributed by atoms with Gasteiger partial charge in [-0.1, -0.05) is 43.7 Å². The molecule has 0 aliphatic rings. The Labute approximate surface area is 121 Å². The van der Waals surface area contributed by atoms with Gasteiger partial charge in [0.15, 0.2) is 0 Å². The third kappa shape index (κ3) is 6.16. The molecule has 0 aliphatic heterocycles. The minimum atomic E-state index is -3.42. The maximum atomic E-state index is 11.7. The summed E-state index contributed by atoms with van der Waals surface area (Å²) in [6.45, 7) is 2.68. The molecule has 0 bridgehead atoms. The predicted molar refractivity (Wildman–Crippen MR) is 79.6 cm³/mol. The zero-order valence-electron chi connectivity index (χ0n) is 12.0. The Morgan fingerprint density at radius 1 is 1.25 bits per heavy atom. The average Bonchev–Trinajstić information content (AvgIpc) is 2.38. The monoisotopic (exact) mass is 298 g/mol. The van der Waals surface area contributed by atoms with E-state index in [2.05, 4.69) is 5.32 Å². The molecule has 0 heterocycles. The quantitative estimate of drug-likeness (QED) is 0.737. The Bertz CT molecular complexity index is 514. The molecule has 0 saturated heterocycles. The molecule has 1 N–H and O–H groups in total. The molecule has 112 valence electrons. The Balaban J connectivity index is 2.64. The summed E-state index contributed by atoms with van der Waals surface area (Å²) >= 11 is 0. The second kappa shape index (κ2) is 8.01. The first kappa shape index (κ1) is 16.7. The normalized spacial score (nSPS) is 11.6. The van der Waals surface area contributed by atoms with Gasteiger partial charge in [-0.15, -0.1) is 0 Å². The van der Waals surface area contributed by atoms with Gasteiger partial charge < -0.3 is 5.32 Å². The van der Waals surface area contributed by atoms with Gasteiger partial charge in [-0.2, -0.15) is 4.31 Å². The Morgan fingerprint density at radius 2 is 1.90 bits per heavy atom. The van der Waals surface area contributed by atoms with Crippen LogP contribution < -0.4 is 5.32 Å². The van der Waals surface area contributed by atoms with E-state index in [0.717, 1.165) is 24.7 Å². The van der Waals surface area contributed by atoms with Crippen molar-refractivity contribution in [1.82, 2.24) is 9.62 Å². The van der Waals surface area contributed by atoms with Crippen molar-refractivity contribution in [2.24, 2.45) is 0 Å².